The fourth-order valence-corrected chi connectivity index (χ4v) is 1.93. The van der Waals surface area contributed by atoms with Gasteiger partial charge in [0.1, 0.15) is 11.6 Å². The third-order valence-corrected chi connectivity index (χ3v) is 3.37. The van der Waals surface area contributed by atoms with Gasteiger partial charge in [0.2, 0.25) is 0 Å². The maximum Gasteiger partial charge on any atom is 0.145 e. The van der Waals surface area contributed by atoms with E-state index in [0.717, 1.165) is 12.2 Å². The van der Waals surface area contributed by atoms with E-state index in [1.54, 1.807) is 0 Å². The highest BCUT2D eigenvalue weighted by atomic mass is 32.1. The number of hydrogen-bond acceptors (Lipinski definition) is 3. The van der Waals surface area contributed by atoms with Crippen molar-refractivity contribution in [3.63, 3.8) is 0 Å². The minimum atomic E-state index is -0.433. The Kier molecular flexibility index (Phi) is 5.04. The zero-order valence-corrected chi connectivity index (χ0v) is 11.3. The minimum Gasteiger partial charge on any atom is -0.300 e. The smallest absolute Gasteiger partial charge is 0.145 e. The van der Waals surface area contributed by atoms with Gasteiger partial charge in [-0.1, -0.05) is 27.7 Å². The van der Waals surface area contributed by atoms with Crippen LogP contribution >= 0.6 is 12.6 Å². The lowest BCUT2D eigenvalue weighted by Gasteiger charge is -2.32. The Morgan fingerprint density at radius 3 is 1.93 bits per heavy atom. The van der Waals surface area contributed by atoms with Crippen LogP contribution in [0.5, 0.6) is 0 Å². The summed E-state index contributed by atoms with van der Waals surface area (Å²) in [6.07, 6.45) is 0.811. The van der Waals surface area contributed by atoms with Gasteiger partial charge in [0, 0.05) is 5.41 Å². The second-order valence-electron chi connectivity index (χ2n) is 5.68. The second-order valence-corrected chi connectivity index (χ2v) is 6.00. The molecule has 0 amide bonds. The molecule has 0 bridgehead atoms. The monoisotopic (exact) mass is 230 g/mol. The van der Waals surface area contributed by atoms with E-state index in [2.05, 4.69) is 26.5 Å². The van der Waals surface area contributed by atoms with Crippen molar-refractivity contribution in [1.82, 2.24) is 0 Å². The molecule has 0 atom stereocenters. The van der Waals surface area contributed by atoms with Gasteiger partial charge in [-0.3, -0.25) is 9.59 Å². The summed E-state index contributed by atoms with van der Waals surface area (Å²) in [4.78, 5) is 22.7. The summed E-state index contributed by atoms with van der Waals surface area (Å²) < 4.78 is 0. The van der Waals surface area contributed by atoms with Crippen LogP contribution in [0.4, 0.5) is 0 Å². The maximum atomic E-state index is 11.8. The number of Topliss-reactive ketones (excluding diaryl/α,β-unsaturated/α-hetero) is 2. The van der Waals surface area contributed by atoms with Crippen LogP contribution in [0.1, 0.15) is 47.5 Å². The van der Waals surface area contributed by atoms with E-state index < -0.39 is 5.41 Å². The minimum absolute atomic E-state index is 0.0268. The second kappa shape index (κ2) is 5.15. The van der Waals surface area contributed by atoms with E-state index in [1.807, 2.05) is 13.8 Å². The van der Waals surface area contributed by atoms with Crippen LogP contribution in [0.15, 0.2) is 0 Å². The molecule has 0 spiro atoms. The van der Waals surface area contributed by atoms with Crippen LogP contribution in [0.3, 0.4) is 0 Å². The Bertz CT molecular complexity index is 254. The number of hydrogen-bond donors (Lipinski definition) is 1. The Morgan fingerprint density at radius 1 is 1.13 bits per heavy atom. The van der Waals surface area contributed by atoms with E-state index in [9.17, 15) is 9.59 Å². The number of rotatable bonds is 6. The molecule has 0 radical (unpaired) electrons. The molecule has 0 saturated carbocycles. The van der Waals surface area contributed by atoms with Gasteiger partial charge in [-0.2, -0.15) is 12.6 Å². The van der Waals surface area contributed by atoms with E-state index in [-0.39, 0.29) is 23.4 Å². The van der Waals surface area contributed by atoms with Gasteiger partial charge in [0.25, 0.3) is 0 Å². The molecule has 0 fully saturated rings. The molecule has 0 aliphatic carbocycles. The van der Waals surface area contributed by atoms with Gasteiger partial charge >= 0.3 is 0 Å². The van der Waals surface area contributed by atoms with Gasteiger partial charge in [-0.05, 0) is 24.5 Å². The molecule has 88 valence electrons. The predicted octanol–water partition coefficient (Wildman–Crippen LogP) is 2.91. The first kappa shape index (κ1) is 14.7. The molecule has 3 heteroatoms. The van der Waals surface area contributed by atoms with Crippen molar-refractivity contribution in [2.24, 2.45) is 10.8 Å². The lowest BCUT2D eigenvalue weighted by Crippen LogP contribution is -2.32. The first-order valence-corrected chi connectivity index (χ1v) is 5.87. The van der Waals surface area contributed by atoms with Gasteiger partial charge < -0.3 is 0 Å². The van der Waals surface area contributed by atoms with Crippen molar-refractivity contribution in [1.29, 1.82) is 0 Å². The molecule has 0 aliphatic heterocycles. The molecule has 0 N–H and O–H groups in total. The van der Waals surface area contributed by atoms with E-state index in [1.165, 1.54) is 6.92 Å². The van der Waals surface area contributed by atoms with Gasteiger partial charge in [0.15, 0.2) is 0 Å². The number of thiol groups is 1. The Hall–Kier alpha value is -0.310. The van der Waals surface area contributed by atoms with Gasteiger partial charge in [0.05, 0.1) is 6.42 Å². The lowest BCUT2D eigenvalue weighted by molar-refractivity contribution is -0.132. The van der Waals surface area contributed by atoms with Crippen LogP contribution in [0, 0.1) is 10.8 Å². The van der Waals surface area contributed by atoms with Crippen molar-refractivity contribution in [2.45, 2.75) is 47.5 Å². The van der Waals surface area contributed by atoms with Crippen LogP contribution in [0.25, 0.3) is 0 Å². The van der Waals surface area contributed by atoms with Crippen molar-refractivity contribution in [3.05, 3.63) is 0 Å². The summed E-state index contributed by atoms with van der Waals surface area (Å²) >= 11 is 4.27. The molecule has 0 heterocycles. The maximum absolute atomic E-state index is 11.8. The molecule has 0 rings (SSSR count). The van der Waals surface area contributed by atoms with E-state index in [0.29, 0.717) is 0 Å². The first-order chi connectivity index (χ1) is 6.60. The fourth-order valence-electron chi connectivity index (χ4n) is 1.82. The summed E-state index contributed by atoms with van der Waals surface area (Å²) in [5, 5.41) is 0. The largest absolute Gasteiger partial charge is 0.300 e. The zero-order chi connectivity index (χ0) is 12.3. The zero-order valence-electron chi connectivity index (χ0n) is 10.4. The van der Waals surface area contributed by atoms with Crippen LogP contribution in [-0.4, -0.2) is 17.3 Å². The molecular formula is C12H22O2S. The quantitative estimate of drug-likeness (QED) is 0.562. The normalized spacial score (nSPS) is 12.7. The molecule has 0 aromatic heterocycles. The first-order valence-electron chi connectivity index (χ1n) is 5.24. The van der Waals surface area contributed by atoms with Gasteiger partial charge in [-0.15, -0.1) is 0 Å². The van der Waals surface area contributed by atoms with Crippen molar-refractivity contribution in [2.75, 3.05) is 5.75 Å². The highest BCUT2D eigenvalue weighted by molar-refractivity contribution is 7.80. The molecule has 15 heavy (non-hydrogen) atoms. The van der Waals surface area contributed by atoms with Gasteiger partial charge in [-0.25, -0.2) is 0 Å². The average Bonchev–Trinajstić information content (AvgIpc) is 2.01. The standard InChI is InChI=1S/C12H22O2S/c1-9(13)6-10(14)12(4,5)7-11(2,3)8-15/h15H,6-8H2,1-5H3. The molecule has 0 aliphatic rings. The molecule has 0 aromatic rings. The summed E-state index contributed by atoms with van der Waals surface area (Å²) in [6.45, 7) is 9.44. The van der Waals surface area contributed by atoms with Crippen LogP contribution in [0.2, 0.25) is 0 Å². The van der Waals surface area contributed by atoms with E-state index in [4.69, 9.17) is 0 Å². The average molecular weight is 230 g/mol. The summed E-state index contributed by atoms with van der Waals surface area (Å²) in [6, 6.07) is 0. The lowest BCUT2D eigenvalue weighted by atomic mass is 9.73. The third kappa shape index (κ3) is 5.36. The molecule has 2 nitrogen and oxygen atoms in total. The Balaban J connectivity index is 4.54. The molecule has 0 unspecified atom stereocenters. The number of carbonyl (C=O) groups excluding carboxylic acids is 2. The summed E-state index contributed by atoms with van der Waals surface area (Å²) in [5.74, 6) is 0.714. The Morgan fingerprint density at radius 2 is 1.60 bits per heavy atom. The molecule has 0 aromatic carbocycles. The van der Waals surface area contributed by atoms with E-state index >= 15 is 0 Å². The fraction of sp³-hybridized carbons (Fsp3) is 0.833. The number of carbonyl (C=O) groups is 2. The highest BCUT2D eigenvalue weighted by Gasteiger charge is 2.33. The number of ketones is 2. The summed E-state index contributed by atoms with van der Waals surface area (Å²) in [5.41, 5.74) is -0.406. The molecular weight excluding hydrogens is 208 g/mol. The van der Waals surface area contributed by atoms with Crippen molar-refractivity contribution in [3.8, 4) is 0 Å². The Labute approximate surface area is 98.2 Å². The topological polar surface area (TPSA) is 34.1 Å². The van der Waals surface area contributed by atoms with Crippen LogP contribution in [-0.2, 0) is 9.59 Å². The third-order valence-electron chi connectivity index (χ3n) is 2.51. The predicted molar refractivity (Wildman–Crippen MR) is 66.3 cm³/mol. The van der Waals surface area contributed by atoms with Crippen molar-refractivity contribution < 1.29 is 9.59 Å². The molecule has 0 saturated heterocycles. The SMILES string of the molecule is CC(=O)CC(=O)C(C)(C)CC(C)(C)CS. The van der Waals surface area contributed by atoms with Crippen molar-refractivity contribution >= 4 is 24.2 Å². The highest BCUT2D eigenvalue weighted by Crippen LogP contribution is 2.35. The summed E-state index contributed by atoms with van der Waals surface area (Å²) in [7, 11) is 0. The van der Waals surface area contributed by atoms with Crippen LogP contribution < -0.4 is 0 Å².